The Morgan fingerprint density at radius 2 is 1.52 bits per heavy atom. The zero-order valence-corrected chi connectivity index (χ0v) is 14.8. The molecule has 0 saturated carbocycles. The summed E-state index contributed by atoms with van der Waals surface area (Å²) in [6.07, 6.45) is -0.600. The fraction of sp³-hybridized carbons (Fsp3) is 0.263. The number of ether oxygens (including phenoxy) is 1. The Balaban J connectivity index is 1.49. The highest BCUT2D eigenvalue weighted by molar-refractivity contribution is 7.98. The molecule has 0 heterocycles. The second-order valence-electron chi connectivity index (χ2n) is 5.30. The van der Waals surface area contributed by atoms with Gasteiger partial charge in [0, 0.05) is 18.1 Å². The average molecular weight is 358 g/mol. The number of benzene rings is 2. The van der Waals surface area contributed by atoms with Crippen molar-refractivity contribution in [1.29, 1.82) is 0 Å². The first-order valence-electron chi connectivity index (χ1n) is 8.07. The van der Waals surface area contributed by atoms with E-state index in [2.05, 4.69) is 22.8 Å². The van der Waals surface area contributed by atoms with Gasteiger partial charge >= 0.3 is 6.09 Å². The van der Waals surface area contributed by atoms with Crippen LogP contribution in [-0.4, -0.2) is 30.8 Å². The van der Waals surface area contributed by atoms with Gasteiger partial charge in [-0.3, -0.25) is 4.79 Å². The zero-order chi connectivity index (χ0) is 17.7. The highest BCUT2D eigenvalue weighted by Gasteiger charge is 2.06. The molecule has 0 aliphatic rings. The van der Waals surface area contributed by atoms with E-state index in [1.165, 1.54) is 5.56 Å². The van der Waals surface area contributed by atoms with Crippen LogP contribution in [0.25, 0.3) is 0 Å². The van der Waals surface area contributed by atoms with Crippen molar-refractivity contribution in [3.63, 3.8) is 0 Å². The number of hydrogen-bond donors (Lipinski definition) is 2. The van der Waals surface area contributed by atoms with Crippen LogP contribution in [0.5, 0.6) is 0 Å². The van der Waals surface area contributed by atoms with E-state index in [4.69, 9.17) is 4.74 Å². The molecule has 2 amide bonds. The minimum Gasteiger partial charge on any atom is -0.445 e. The zero-order valence-electron chi connectivity index (χ0n) is 13.9. The standard InChI is InChI=1S/C19H22N2O3S/c22-18(20-11-12-25-15-17-9-5-2-6-10-17)13-21-19(23)24-14-16-7-3-1-4-8-16/h1-10H,11-15H2,(H,20,22)(H,21,23). The third-order valence-corrected chi connectivity index (χ3v) is 4.32. The number of hydrogen-bond acceptors (Lipinski definition) is 4. The molecule has 0 unspecified atom stereocenters. The van der Waals surface area contributed by atoms with Crippen molar-refractivity contribution in [3.05, 3.63) is 71.8 Å². The molecule has 0 fully saturated rings. The van der Waals surface area contributed by atoms with Gasteiger partial charge < -0.3 is 15.4 Å². The molecule has 0 aliphatic heterocycles. The van der Waals surface area contributed by atoms with E-state index in [-0.39, 0.29) is 19.1 Å². The van der Waals surface area contributed by atoms with Gasteiger partial charge in [-0.05, 0) is 11.1 Å². The van der Waals surface area contributed by atoms with Gasteiger partial charge in [0.15, 0.2) is 0 Å². The lowest BCUT2D eigenvalue weighted by molar-refractivity contribution is -0.120. The summed E-state index contributed by atoms with van der Waals surface area (Å²) in [5.74, 6) is 1.51. The van der Waals surface area contributed by atoms with E-state index in [0.717, 1.165) is 17.1 Å². The van der Waals surface area contributed by atoms with Crippen molar-refractivity contribution in [2.45, 2.75) is 12.4 Å². The van der Waals surface area contributed by atoms with Gasteiger partial charge in [0.05, 0.1) is 6.54 Å². The molecule has 2 N–H and O–H groups in total. The van der Waals surface area contributed by atoms with Gasteiger partial charge in [-0.15, -0.1) is 0 Å². The Morgan fingerprint density at radius 1 is 0.880 bits per heavy atom. The van der Waals surface area contributed by atoms with Gasteiger partial charge in [-0.1, -0.05) is 60.7 Å². The van der Waals surface area contributed by atoms with Gasteiger partial charge in [0.2, 0.25) is 5.91 Å². The van der Waals surface area contributed by atoms with Crippen LogP contribution in [0.1, 0.15) is 11.1 Å². The molecule has 2 aromatic rings. The van der Waals surface area contributed by atoms with Crippen LogP contribution in [0.15, 0.2) is 60.7 Å². The third kappa shape index (κ3) is 8.26. The van der Waals surface area contributed by atoms with E-state index < -0.39 is 6.09 Å². The molecule has 132 valence electrons. The number of carbonyl (C=O) groups is 2. The number of nitrogens with one attached hydrogen (secondary N) is 2. The highest BCUT2D eigenvalue weighted by Crippen LogP contribution is 2.10. The van der Waals surface area contributed by atoms with Crippen molar-refractivity contribution in [3.8, 4) is 0 Å². The predicted octanol–water partition coefficient (Wildman–Crippen LogP) is 2.96. The Bertz CT molecular complexity index is 650. The fourth-order valence-corrected chi connectivity index (χ4v) is 2.83. The van der Waals surface area contributed by atoms with Crippen molar-refractivity contribution < 1.29 is 14.3 Å². The number of thioether (sulfide) groups is 1. The van der Waals surface area contributed by atoms with E-state index in [0.29, 0.717) is 6.54 Å². The van der Waals surface area contributed by atoms with Crippen LogP contribution < -0.4 is 10.6 Å². The first kappa shape index (κ1) is 18.9. The smallest absolute Gasteiger partial charge is 0.407 e. The van der Waals surface area contributed by atoms with Gasteiger partial charge in [0.25, 0.3) is 0 Å². The number of rotatable bonds is 9. The Hall–Kier alpha value is -2.47. The Labute approximate surface area is 152 Å². The fourth-order valence-electron chi connectivity index (χ4n) is 2.02. The molecular weight excluding hydrogens is 336 g/mol. The molecule has 0 radical (unpaired) electrons. The molecule has 0 saturated heterocycles. The molecular formula is C19H22N2O3S. The van der Waals surface area contributed by atoms with Crippen LogP contribution in [0.4, 0.5) is 4.79 Å². The summed E-state index contributed by atoms with van der Waals surface area (Å²) < 4.78 is 5.04. The third-order valence-electron chi connectivity index (χ3n) is 3.29. The van der Waals surface area contributed by atoms with Gasteiger partial charge in [0.1, 0.15) is 6.61 Å². The summed E-state index contributed by atoms with van der Waals surface area (Å²) in [4.78, 5) is 23.2. The summed E-state index contributed by atoms with van der Waals surface area (Å²) >= 11 is 1.75. The lowest BCUT2D eigenvalue weighted by Gasteiger charge is -2.08. The van der Waals surface area contributed by atoms with Crippen molar-refractivity contribution >= 4 is 23.8 Å². The van der Waals surface area contributed by atoms with Crippen LogP contribution in [0.3, 0.4) is 0 Å². The van der Waals surface area contributed by atoms with Gasteiger partial charge in [-0.2, -0.15) is 11.8 Å². The Morgan fingerprint density at radius 3 is 2.20 bits per heavy atom. The summed E-state index contributed by atoms with van der Waals surface area (Å²) in [7, 11) is 0. The molecule has 0 aliphatic carbocycles. The largest absolute Gasteiger partial charge is 0.445 e. The average Bonchev–Trinajstić information content (AvgIpc) is 2.66. The number of carbonyl (C=O) groups excluding carboxylic acids is 2. The summed E-state index contributed by atoms with van der Waals surface area (Å²) in [6, 6.07) is 19.6. The summed E-state index contributed by atoms with van der Waals surface area (Å²) in [5, 5.41) is 5.21. The number of alkyl carbamates (subject to hydrolysis) is 1. The summed E-state index contributed by atoms with van der Waals surface area (Å²) in [5.41, 5.74) is 2.17. The Kier molecular flexibility index (Phi) is 8.41. The van der Waals surface area contributed by atoms with Crippen molar-refractivity contribution in [1.82, 2.24) is 10.6 Å². The lowest BCUT2D eigenvalue weighted by atomic mass is 10.2. The van der Waals surface area contributed by atoms with Crippen LogP contribution in [0.2, 0.25) is 0 Å². The maximum atomic E-state index is 11.7. The van der Waals surface area contributed by atoms with Crippen LogP contribution in [-0.2, 0) is 21.9 Å². The minimum absolute atomic E-state index is 0.0863. The minimum atomic E-state index is -0.600. The van der Waals surface area contributed by atoms with Crippen molar-refractivity contribution in [2.75, 3.05) is 18.8 Å². The maximum absolute atomic E-state index is 11.7. The van der Waals surface area contributed by atoms with E-state index >= 15 is 0 Å². The predicted molar refractivity (Wildman–Crippen MR) is 100 cm³/mol. The topological polar surface area (TPSA) is 67.4 Å². The second kappa shape index (κ2) is 11.1. The molecule has 2 aromatic carbocycles. The number of amides is 2. The normalized spacial score (nSPS) is 10.1. The second-order valence-corrected chi connectivity index (χ2v) is 6.41. The first-order chi connectivity index (χ1) is 12.2. The first-order valence-corrected chi connectivity index (χ1v) is 9.22. The van der Waals surface area contributed by atoms with E-state index in [1.54, 1.807) is 11.8 Å². The molecule has 0 bridgehead atoms. The molecule has 0 aromatic heterocycles. The van der Waals surface area contributed by atoms with Crippen LogP contribution in [0, 0.1) is 0 Å². The van der Waals surface area contributed by atoms with E-state index in [1.807, 2.05) is 48.5 Å². The van der Waals surface area contributed by atoms with E-state index in [9.17, 15) is 9.59 Å². The molecule has 0 spiro atoms. The summed E-state index contributed by atoms with van der Waals surface area (Å²) in [6.45, 7) is 0.665. The molecule has 0 atom stereocenters. The monoisotopic (exact) mass is 358 g/mol. The highest BCUT2D eigenvalue weighted by atomic mass is 32.2. The van der Waals surface area contributed by atoms with Crippen molar-refractivity contribution in [2.24, 2.45) is 0 Å². The molecule has 25 heavy (non-hydrogen) atoms. The lowest BCUT2D eigenvalue weighted by Crippen LogP contribution is -2.37. The maximum Gasteiger partial charge on any atom is 0.407 e. The molecule has 6 heteroatoms. The molecule has 5 nitrogen and oxygen atoms in total. The van der Waals surface area contributed by atoms with Gasteiger partial charge in [-0.25, -0.2) is 4.79 Å². The quantitative estimate of drug-likeness (QED) is 0.676. The van der Waals surface area contributed by atoms with Crippen LogP contribution >= 0.6 is 11.8 Å². The SMILES string of the molecule is O=C(CNC(=O)OCc1ccccc1)NCCSCc1ccccc1. The molecule has 2 rings (SSSR count).